The van der Waals surface area contributed by atoms with Crippen molar-refractivity contribution in [2.24, 2.45) is 0 Å². The molecule has 3 nitrogen and oxygen atoms in total. The lowest BCUT2D eigenvalue weighted by molar-refractivity contribution is 0.495. The summed E-state index contributed by atoms with van der Waals surface area (Å²) in [5.74, 6) is 0.467. The predicted molar refractivity (Wildman–Crippen MR) is 74.2 cm³/mol. The van der Waals surface area contributed by atoms with Crippen LogP contribution in [0.3, 0.4) is 0 Å². The minimum Gasteiger partial charge on any atom is -0.383 e. The van der Waals surface area contributed by atoms with Gasteiger partial charge >= 0.3 is 0 Å². The summed E-state index contributed by atoms with van der Waals surface area (Å²) in [6, 6.07) is 6.67. The number of nitrogens with zero attached hydrogens (tertiary/aromatic N) is 2. The minimum absolute atomic E-state index is 0.156. The fourth-order valence-corrected chi connectivity index (χ4v) is 2.12. The average molecular weight is 345 g/mol. The second-order valence-electron chi connectivity index (χ2n) is 4.00. The Morgan fingerprint density at radius 2 is 2.06 bits per heavy atom. The Kier molecular flexibility index (Phi) is 3.66. The number of hydrogen-bond donors (Lipinski definition) is 1. The molecule has 0 radical (unpaired) electrons. The Morgan fingerprint density at radius 1 is 1.41 bits per heavy atom. The SMILES string of the molecule is CC(Cc1ccc(F)cc1)n1ncc(I)c1N. The zero-order chi connectivity index (χ0) is 12.4. The highest BCUT2D eigenvalue weighted by atomic mass is 127. The molecule has 1 aromatic heterocycles. The van der Waals surface area contributed by atoms with Crippen LogP contribution >= 0.6 is 22.6 Å². The Labute approximate surface area is 113 Å². The molecule has 0 aliphatic rings. The van der Waals surface area contributed by atoms with Crippen LogP contribution in [-0.2, 0) is 6.42 Å². The van der Waals surface area contributed by atoms with Crippen molar-refractivity contribution >= 4 is 28.4 Å². The number of hydrogen-bond acceptors (Lipinski definition) is 2. The number of benzene rings is 1. The van der Waals surface area contributed by atoms with Gasteiger partial charge in [0.1, 0.15) is 11.6 Å². The molecule has 1 heterocycles. The van der Waals surface area contributed by atoms with Crippen LogP contribution in [-0.4, -0.2) is 9.78 Å². The van der Waals surface area contributed by atoms with E-state index in [1.807, 2.05) is 6.92 Å². The standard InChI is InChI=1S/C12H13FIN3/c1-8(17-12(15)11(14)7-16-17)6-9-2-4-10(13)5-3-9/h2-5,7-8H,6,15H2,1H3. The van der Waals surface area contributed by atoms with E-state index in [1.54, 1.807) is 23.0 Å². The maximum Gasteiger partial charge on any atom is 0.135 e. The highest BCUT2D eigenvalue weighted by Crippen LogP contribution is 2.21. The van der Waals surface area contributed by atoms with Crippen molar-refractivity contribution in [1.82, 2.24) is 9.78 Å². The number of rotatable bonds is 3. The zero-order valence-corrected chi connectivity index (χ0v) is 11.6. The van der Waals surface area contributed by atoms with Crippen LogP contribution in [0.4, 0.5) is 10.2 Å². The zero-order valence-electron chi connectivity index (χ0n) is 9.40. The van der Waals surface area contributed by atoms with Crippen LogP contribution in [0, 0.1) is 9.39 Å². The van der Waals surface area contributed by atoms with Crippen molar-refractivity contribution < 1.29 is 4.39 Å². The maximum atomic E-state index is 12.8. The number of aromatic nitrogens is 2. The molecule has 0 saturated carbocycles. The van der Waals surface area contributed by atoms with Crippen molar-refractivity contribution in [3.05, 3.63) is 45.4 Å². The van der Waals surface area contributed by atoms with Crippen LogP contribution in [0.25, 0.3) is 0 Å². The first-order valence-corrected chi connectivity index (χ1v) is 6.38. The molecule has 5 heteroatoms. The third-order valence-corrected chi connectivity index (χ3v) is 3.48. The molecule has 1 unspecified atom stereocenters. The molecule has 1 atom stereocenters. The number of halogens is 2. The molecular weight excluding hydrogens is 332 g/mol. The Bertz CT molecular complexity index is 507. The van der Waals surface area contributed by atoms with Gasteiger partial charge in [-0.15, -0.1) is 0 Å². The maximum absolute atomic E-state index is 12.8. The van der Waals surface area contributed by atoms with Crippen molar-refractivity contribution in [3.8, 4) is 0 Å². The van der Waals surface area contributed by atoms with Gasteiger partial charge in [-0.2, -0.15) is 5.10 Å². The minimum atomic E-state index is -0.213. The molecule has 0 spiro atoms. The molecule has 2 aromatic rings. The fourth-order valence-electron chi connectivity index (χ4n) is 1.75. The highest BCUT2D eigenvalue weighted by Gasteiger charge is 2.12. The van der Waals surface area contributed by atoms with E-state index in [9.17, 15) is 4.39 Å². The van der Waals surface area contributed by atoms with E-state index in [1.165, 1.54) is 12.1 Å². The van der Waals surface area contributed by atoms with Gasteiger partial charge in [-0.25, -0.2) is 9.07 Å². The van der Waals surface area contributed by atoms with Crippen molar-refractivity contribution in [1.29, 1.82) is 0 Å². The summed E-state index contributed by atoms with van der Waals surface area (Å²) in [6.07, 6.45) is 2.53. The number of nitrogen functional groups attached to an aromatic ring is 1. The lowest BCUT2D eigenvalue weighted by Gasteiger charge is -2.14. The van der Waals surface area contributed by atoms with Gasteiger partial charge in [0.25, 0.3) is 0 Å². The molecule has 2 N–H and O–H groups in total. The van der Waals surface area contributed by atoms with E-state index in [0.717, 1.165) is 15.6 Å². The van der Waals surface area contributed by atoms with Gasteiger partial charge in [-0.1, -0.05) is 12.1 Å². The van der Waals surface area contributed by atoms with Crippen molar-refractivity contribution in [2.75, 3.05) is 5.73 Å². The average Bonchev–Trinajstić information content (AvgIpc) is 2.63. The molecule has 0 bridgehead atoms. The van der Waals surface area contributed by atoms with E-state index in [0.29, 0.717) is 5.82 Å². The third-order valence-electron chi connectivity index (χ3n) is 2.65. The van der Waals surface area contributed by atoms with Gasteiger partial charge in [-0.3, -0.25) is 0 Å². The summed E-state index contributed by atoms with van der Waals surface area (Å²) in [6.45, 7) is 2.04. The summed E-state index contributed by atoms with van der Waals surface area (Å²) >= 11 is 2.16. The van der Waals surface area contributed by atoms with Gasteiger partial charge in [0.15, 0.2) is 0 Å². The van der Waals surface area contributed by atoms with E-state index < -0.39 is 0 Å². The van der Waals surface area contributed by atoms with E-state index >= 15 is 0 Å². The summed E-state index contributed by atoms with van der Waals surface area (Å²) in [7, 11) is 0. The smallest absolute Gasteiger partial charge is 0.135 e. The first-order chi connectivity index (χ1) is 8.08. The normalized spacial score (nSPS) is 12.6. The van der Waals surface area contributed by atoms with Crippen LogP contribution in [0.15, 0.2) is 30.5 Å². The molecule has 0 aliphatic heterocycles. The van der Waals surface area contributed by atoms with Crippen LogP contribution in [0.5, 0.6) is 0 Å². The van der Waals surface area contributed by atoms with E-state index in [-0.39, 0.29) is 11.9 Å². The molecule has 1 aromatic carbocycles. The van der Waals surface area contributed by atoms with Crippen LogP contribution in [0.1, 0.15) is 18.5 Å². The fraction of sp³-hybridized carbons (Fsp3) is 0.250. The second kappa shape index (κ2) is 5.03. The molecule has 90 valence electrons. The second-order valence-corrected chi connectivity index (χ2v) is 5.16. The van der Waals surface area contributed by atoms with Gasteiger partial charge in [0.05, 0.1) is 15.8 Å². The summed E-state index contributed by atoms with van der Waals surface area (Å²) < 4.78 is 15.5. The Morgan fingerprint density at radius 3 is 2.59 bits per heavy atom. The van der Waals surface area contributed by atoms with Crippen LogP contribution in [0.2, 0.25) is 0 Å². The predicted octanol–water partition coefficient (Wildman–Crippen LogP) is 3.01. The molecule has 2 rings (SSSR count). The quantitative estimate of drug-likeness (QED) is 0.870. The van der Waals surface area contributed by atoms with E-state index in [2.05, 4.69) is 27.7 Å². The molecule has 0 fully saturated rings. The van der Waals surface area contributed by atoms with Gasteiger partial charge in [-0.05, 0) is 53.6 Å². The topological polar surface area (TPSA) is 43.8 Å². The van der Waals surface area contributed by atoms with Gasteiger partial charge in [0.2, 0.25) is 0 Å². The number of nitrogens with two attached hydrogens (primary N) is 1. The van der Waals surface area contributed by atoms with Crippen LogP contribution < -0.4 is 5.73 Å². The summed E-state index contributed by atoms with van der Waals surface area (Å²) in [5.41, 5.74) is 6.99. The van der Waals surface area contributed by atoms with Gasteiger partial charge in [0, 0.05) is 0 Å². The third kappa shape index (κ3) is 2.77. The van der Waals surface area contributed by atoms with Crippen molar-refractivity contribution in [3.63, 3.8) is 0 Å². The molecule has 0 amide bonds. The molecule has 17 heavy (non-hydrogen) atoms. The highest BCUT2D eigenvalue weighted by molar-refractivity contribution is 14.1. The van der Waals surface area contributed by atoms with Gasteiger partial charge < -0.3 is 5.73 Å². The first kappa shape index (κ1) is 12.3. The Hall–Kier alpha value is -1.11. The largest absolute Gasteiger partial charge is 0.383 e. The monoisotopic (exact) mass is 345 g/mol. The number of anilines is 1. The summed E-state index contributed by atoms with van der Waals surface area (Å²) in [4.78, 5) is 0. The molecular formula is C12H13FIN3. The lowest BCUT2D eigenvalue weighted by atomic mass is 10.1. The van der Waals surface area contributed by atoms with Crippen molar-refractivity contribution in [2.45, 2.75) is 19.4 Å². The molecule has 0 saturated heterocycles. The Balaban J connectivity index is 2.14. The first-order valence-electron chi connectivity index (χ1n) is 5.31. The molecule has 0 aliphatic carbocycles. The lowest BCUT2D eigenvalue weighted by Crippen LogP contribution is -2.12. The van der Waals surface area contributed by atoms with E-state index in [4.69, 9.17) is 5.73 Å². The summed E-state index contributed by atoms with van der Waals surface area (Å²) in [5, 5.41) is 4.24.